The number of nitrogens with one attached hydrogen (secondary N) is 1. The lowest BCUT2D eigenvalue weighted by Gasteiger charge is -2.39. The molecule has 0 spiro atoms. The molecule has 1 atom stereocenters. The van der Waals surface area contributed by atoms with Crippen LogP contribution in [0.3, 0.4) is 0 Å². The summed E-state index contributed by atoms with van der Waals surface area (Å²) in [6, 6.07) is 2.54. The number of hydrogen-bond acceptors (Lipinski definition) is 6. The molecule has 3 heterocycles. The first-order valence-corrected chi connectivity index (χ1v) is 11.4. The molecule has 2 N–H and O–H groups in total. The molecule has 0 radical (unpaired) electrons. The summed E-state index contributed by atoms with van der Waals surface area (Å²) in [6.45, 7) is 6.15. The van der Waals surface area contributed by atoms with E-state index in [9.17, 15) is 24.3 Å². The average Bonchev–Trinajstić information content (AvgIpc) is 3.05. The maximum Gasteiger partial charge on any atom is 0.410 e. The second kappa shape index (κ2) is 8.29. The number of carbonyl (C=O) groups excluding carboxylic acids is 4. The lowest BCUT2D eigenvalue weighted by Crippen LogP contribution is -2.52. The predicted molar refractivity (Wildman–Crippen MR) is 118 cm³/mol. The largest absolute Gasteiger partial charge is 0.444 e. The van der Waals surface area contributed by atoms with E-state index >= 15 is 0 Å². The monoisotopic (exact) mass is 477 g/mol. The van der Waals surface area contributed by atoms with Crippen molar-refractivity contribution in [2.75, 3.05) is 13.1 Å². The Hall–Kier alpha value is -2.65. The third-order valence-corrected chi connectivity index (χ3v) is 6.82. The molecule has 33 heavy (non-hydrogen) atoms. The molecule has 9 nitrogen and oxygen atoms in total. The zero-order valence-electron chi connectivity index (χ0n) is 18.9. The summed E-state index contributed by atoms with van der Waals surface area (Å²) < 4.78 is 5.41. The average molecular weight is 478 g/mol. The normalized spacial score (nSPS) is 22.8. The van der Waals surface area contributed by atoms with Crippen LogP contribution in [0.25, 0.3) is 0 Å². The van der Waals surface area contributed by atoms with Crippen LogP contribution < -0.4 is 5.32 Å². The Kier molecular flexibility index (Phi) is 5.90. The van der Waals surface area contributed by atoms with Crippen molar-refractivity contribution < 1.29 is 29.0 Å². The molecule has 1 aromatic carbocycles. The van der Waals surface area contributed by atoms with Crippen LogP contribution >= 0.6 is 11.6 Å². The van der Waals surface area contributed by atoms with Crippen molar-refractivity contribution in [2.24, 2.45) is 0 Å². The van der Waals surface area contributed by atoms with Crippen LogP contribution in [0.5, 0.6) is 0 Å². The molecule has 0 bridgehead atoms. The van der Waals surface area contributed by atoms with Crippen molar-refractivity contribution >= 4 is 35.4 Å². The van der Waals surface area contributed by atoms with E-state index in [0.29, 0.717) is 34.8 Å². The fraction of sp³-hybridized carbons (Fsp3) is 0.565. The second-order valence-corrected chi connectivity index (χ2v) is 10.2. The quantitative estimate of drug-likeness (QED) is 0.631. The van der Waals surface area contributed by atoms with Gasteiger partial charge in [-0.1, -0.05) is 17.7 Å². The van der Waals surface area contributed by atoms with Gasteiger partial charge in [0.2, 0.25) is 11.8 Å². The van der Waals surface area contributed by atoms with Crippen molar-refractivity contribution in [1.29, 1.82) is 0 Å². The van der Waals surface area contributed by atoms with Gasteiger partial charge < -0.3 is 19.6 Å². The van der Waals surface area contributed by atoms with Crippen LogP contribution in [-0.4, -0.2) is 63.5 Å². The number of aliphatic hydroxyl groups is 1. The van der Waals surface area contributed by atoms with E-state index in [1.165, 1.54) is 4.90 Å². The predicted octanol–water partition coefficient (Wildman–Crippen LogP) is 2.32. The number of likely N-dealkylation sites (tertiary alicyclic amines) is 1. The minimum absolute atomic E-state index is 0.132. The first kappa shape index (κ1) is 23.5. The van der Waals surface area contributed by atoms with Gasteiger partial charge in [-0.3, -0.25) is 19.7 Å². The van der Waals surface area contributed by atoms with Gasteiger partial charge in [0, 0.05) is 42.7 Å². The summed E-state index contributed by atoms with van der Waals surface area (Å²) in [5.41, 5.74) is -0.398. The van der Waals surface area contributed by atoms with Gasteiger partial charge in [-0.05, 0) is 46.1 Å². The van der Waals surface area contributed by atoms with Crippen molar-refractivity contribution in [3.63, 3.8) is 0 Å². The van der Waals surface area contributed by atoms with E-state index in [1.54, 1.807) is 37.8 Å². The number of imide groups is 1. The van der Waals surface area contributed by atoms with Crippen LogP contribution in [0, 0.1) is 0 Å². The van der Waals surface area contributed by atoms with Gasteiger partial charge in [-0.25, -0.2) is 4.79 Å². The van der Waals surface area contributed by atoms with E-state index in [4.69, 9.17) is 16.3 Å². The van der Waals surface area contributed by atoms with Gasteiger partial charge >= 0.3 is 6.09 Å². The van der Waals surface area contributed by atoms with Crippen LogP contribution in [0.15, 0.2) is 12.1 Å². The molecule has 4 amide bonds. The molecule has 2 fully saturated rings. The van der Waals surface area contributed by atoms with Crippen molar-refractivity contribution in [1.82, 2.24) is 15.1 Å². The van der Waals surface area contributed by atoms with E-state index in [-0.39, 0.29) is 44.0 Å². The van der Waals surface area contributed by atoms with Crippen LogP contribution in [0.2, 0.25) is 5.02 Å². The SMILES string of the molecule is CC(C)(C)OC(=O)N1CCC(O)(c2ccc3c(c2Cl)CN(C2CCC(=O)NC2=O)C3=O)CC1. The molecule has 3 aliphatic heterocycles. The third kappa shape index (κ3) is 4.44. The van der Waals surface area contributed by atoms with Crippen LogP contribution in [0.4, 0.5) is 4.79 Å². The van der Waals surface area contributed by atoms with Crippen molar-refractivity contribution in [3.05, 3.63) is 33.8 Å². The van der Waals surface area contributed by atoms with E-state index in [2.05, 4.69) is 5.32 Å². The minimum Gasteiger partial charge on any atom is -0.444 e. The van der Waals surface area contributed by atoms with Gasteiger partial charge in [0.25, 0.3) is 5.91 Å². The zero-order valence-corrected chi connectivity index (χ0v) is 19.7. The molecule has 0 aliphatic carbocycles. The summed E-state index contributed by atoms with van der Waals surface area (Å²) in [5, 5.41) is 13.9. The highest BCUT2D eigenvalue weighted by molar-refractivity contribution is 6.33. The molecule has 0 saturated carbocycles. The van der Waals surface area contributed by atoms with Crippen LogP contribution in [-0.2, 0) is 26.5 Å². The maximum absolute atomic E-state index is 13.0. The molecule has 1 aromatic rings. The lowest BCUT2D eigenvalue weighted by atomic mass is 9.83. The first-order valence-electron chi connectivity index (χ1n) is 11.1. The van der Waals surface area contributed by atoms with E-state index in [1.807, 2.05) is 0 Å². The first-order chi connectivity index (χ1) is 15.4. The fourth-order valence-corrected chi connectivity index (χ4v) is 5.02. The number of benzene rings is 1. The highest BCUT2D eigenvalue weighted by Gasteiger charge is 2.43. The number of piperidine rings is 2. The Morgan fingerprint density at radius 1 is 1.21 bits per heavy atom. The van der Waals surface area contributed by atoms with Crippen molar-refractivity contribution in [3.8, 4) is 0 Å². The maximum atomic E-state index is 13.0. The van der Waals surface area contributed by atoms with Crippen molar-refractivity contribution in [2.45, 2.75) is 70.2 Å². The molecule has 0 aromatic heterocycles. The Bertz CT molecular complexity index is 1030. The lowest BCUT2D eigenvalue weighted by molar-refractivity contribution is -0.136. The number of fused-ring (bicyclic) bond motifs is 1. The molecule has 2 saturated heterocycles. The number of hydrogen-bond donors (Lipinski definition) is 2. The molecule has 3 aliphatic rings. The van der Waals surface area contributed by atoms with E-state index in [0.717, 1.165) is 0 Å². The Balaban J connectivity index is 1.51. The number of rotatable bonds is 2. The summed E-state index contributed by atoms with van der Waals surface area (Å²) in [7, 11) is 0. The summed E-state index contributed by atoms with van der Waals surface area (Å²) >= 11 is 6.69. The zero-order chi connectivity index (χ0) is 24.1. The van der Waals surface area contributed by atoms with Gasteiger partial charge in [0.1, 0.15) is 11.6 Å². The highest BCUT2D eigenvalue weighted by Crippen LogP contribution is 2.42. The number of halogens is 1. The summed E-state index contributed by atoms with van der Waals surface area (Å²) in [6.07, 6.45) is 0.559. The molecule has 1 unspecified atom stereocenters. The summed E-state index contributed by atoms with van der Waals surface area (Å²) in [5.74, 6) is -1.16. The fourth-order valence-electron chi connectivity index (χ4n) is 4.62. The van der Waals surface area contributed by atoms with Crippen LogP contribution in [0.1, 0.15) is 67.9 Å². The van der Waals surface area contributed by atoms with Gasteiger partial charge in [0.15, 0.2) is 0 Å². The second-order valence-electron chi connectivity index (χ2n) is 9.85. The number of ether oxygens (including phenoxy) is 1. The Labute approximate surface area is 197 Å². The van der Waals surface area contributed by atoms with E-state index < -0.39 is 29.2 Å². The Morgan fingerprint density at radius 2 is 1.88 bits per heavy atom. The van der Waals surface area contributed by atoms with Gasteiger partial charge in [-0.15, -0.1) is 0 Å². The highest BCUT2D eigenvalue weighted by atomic mass is 35.5. The summed E-state index contributed by atoms with van der Waals surface area (Å²) in [4.78, 5) is 52.0. The number of amides is 4. The number of carbonyl (C=O) groups is 4. The topological polar surface area (TPSA) is 116 Å². The minimum atomic E-state index is -1.25. The Morgan fingerprint density at radius 3 is 2.48 bits per heavy atom. The molecule has 4 rings (SSSR count). The van der Waals surface area contributed by atoms with Gasteiger partial charge in [-0.2, -0.15) is 0 Å². The van der Waals surface area contributed by atoms with Gasteiger partial charge in [0.05, 0.1) is 10.6 Å². The smallest absolute Gasteiger partial charge is 0.410 e. The number of nitrogens with zero attached hydrogens (tertiary/aromatic N) is 2. The molecule has 10 heteroatoms. The molecular weight excluding hydrogens is 450 g/mol. The molecular formula is C23H28ClN3O6. The standard InChI is InChI=1S/C23H28ClN3O6/c1-22(2,3)33-21(31)26-10-8-23(32,9-11-26)15-5-4-13-14(18(15)24)12-27(20(13)30)16-6-7-17(28)25-19(16)29/h4-5,16,32H,6-12H2,1-3H3,(H,25,28,29). The third-order valence-electron chi connectivity index (χ3n) is 6.39. The molecule has 178 valence electrons.